The molecule has 4 atom stereocenters. The van der Waals surface area contributed by atoms with Crippen molar-refractivity contribution in [3.8, 4) is 22.9 Å². The molecule has 1 aromatic heterocycles. The molecule has 4 aliphatic rings. The van der Waals surface area contributed by atoms with E-state index in [9.17, 15) is 9.50 Å². The first-order valence-corrected chi connectivity index (χ1v) is 15.2. The van der Waals surface area contributed by atoms with Gasteiger partial charge < -0.3 is 20.1 Å². The maximum atomic E-state index is 16.8. The van der Waals surface area contributed by atoms with Crippen LogP contribution in [0.5, 0.6) is 11.8 Å². The lowest BCUT2D eigenvalue weighted by Crippen LogP contribution is -2.51. The fourth-order valence-corrected chi connectivity index (χ4v) is 8.13. The van der Waals surface area contributed by atoms with E-state index < -0.39 is 12.0 Å². The van der Waals surface area contributed by atoms with Crippen molar-refractivity contribution < 1.29 is 18.6 Å². The fourth-order valence-electron chi connectivity index (χ4n) is 7.83. The average molecular weight is 592 g/mol. The number of aromatic hydroxyl groups is 1. The minimum Gasteiger partial charge on any atom is -0.508 e. The van der Waals surface area contributed by atoms with Crippen molar-refractivity contribution in [2.24, 2.45) is 0 Å². The van der Waals surface area contributed by atoms with Gasteiger partial charge in [-0.1, -0.05) is 35.9 Å². The molecule has 2 unspecified atom stereocenters. The first-order valence-electron chi connectivity index (χ1n) is 14.8. The van der Waals surface area contributed by atoms with Crippen LogP contribution in [0.1, 0.15) is 32.1 Å². The number of hydrogen-bond acceptors (Lipinski definition) is 7. The van der Waals surface area contributed by atoms with Crippen LogP contribution in [0.3, 0.4) is 0 Å². The topological polar surface area (TPSA) is 73.8 Å². The summed E-state index contributed by atoms with van der Waals surface area (Å²) in [7, 11) is 0. The summed E-state index contributed by atoms with van der Waals surface area (Å²) < 4.78 is 37.5. The predicted molar refractivity (Wildman–Crippen MR) is 160 cm³/mol. The Morgan fingerprint density at radius 3 is 2.71 bits per heavy atom. The Bertz CT molecular complexity index is 1710. The zero-order chi connectivity index (χ0) is 28.6. The van der Waals surface area contributed by atoms with Gasteiger partial charge in [0.1, 0.15) is 29.9 Å². The number of anilines is 1. The quantitative estimate of drug-likeness (QED) is 0.302. The van der Waals surface area contributed by atoms with E-state index in [1.54, 1.807) is 12.1 Å². The summed E-state index contributed by atoms with van der Waals surface area (Å²) in [5, 5.41) is 16.4. The molecule has 2 bridgehead atoms. The van der Waals surface area contributed by atoms with Gasteiger partial charge in [-0.2, -0.15) is 9.97 Å². The number of fused-ring (bicyclic) bond motifs is 5. The van der Waals surface area contributed by atoms with Crippen molar-refractivity contribution in [3.63, 3.8) is 0 Å². The van der Waals surface area contributed by atoms with Crippen LogP contribution < -0.4 is 15.0 Å². The number of phenolic OH excluding ortho intramolecular Hbond substituents is 1. The zero-order valence-corrected chi connectivity index (χ0v) is 23.9. The second-order valence-corrected chi connectivity index (χ2v) is 12.8. The highest BCUT2D eigenvalue weighted by Crippen LogP contribution is 2.44. The number of aromatic nitrogens is 2. The second-order valence-electron chi connectivity index (χ2n) is 12.4. The van der Waals surface area contributed by atoms with E-state index in [4.69, 9.17) is 21.3 Å². The molecule has 4 saturated heterocycles. The van der Waals surface area contributed by atoms with E-state index in [1.165, 1.54) is 6.07 Å². The van der Waals surface area contributed by atoms with E-state index >= 15 is 4.39 Å². The standard InChI is InChI=1S/C32H32ClF2N5O2/c33-26-12-25-29(28(35)27(26)24-11-22(41)10-18-4-1-2-5-23(18)24)37-31(38-30(25)39-15-20-6-7-21(16-39)36-20)42-17-32-8-3-9-40(32)14-19(34)13-32/h1-2,4-5,10-12,19-21,36,41H,3,6-9,13-17H2/t19-,20?,21?,32-/m1/s1. The molecule has 8 rings (SSSR count). The van der Waals surface area contributed by atoms with Crippen LogP contribution in [0, 0.1) is 5.82 Å². The van der Waals surface area contributed by atoms with Crippen LogP contribution >= 0.6 is 11.6 Å². The average Bonchev–Trinajstić information content (AvgIpc) is 3.62. The molecular weight excluding hydrogens is 560 g/mol. The first-order chi connectivity index (χ1) is 20.4. The molecule has 0 saturated carbocycles. The number of ether oxygens (including phenoxy) is 1. The molecule has 4 aliphatic heterocycles. The molecule has 0 spiro atoms. The Labute approximate surface area is 247 Å². The van der Waals surface area contributed by atoms with Gasteiger partial charge in [-0.05, 0) is 66.8 Å². The molecule has 10 heteroatoms. The SMILES string of the molecule is Oc1cc(-c2c(Cl)cc3c(N4CC5CCC(C4)N5)nc(OC[C@]45CCCN4C[C@H](F)C5)nc3c2F)c2ccccc2c1. The number of hydrogen-bond donors (Lipinski definition) is 2. The van der Waals surface area contributed by atoms with Gasteiger partial charge in [-0.15, -0.1) is 0 Å². The first kappa shape index (κ1) is 26.4. The number of benzene rings is 3. The number of rotatable bonds is 5. The summed E-state index contributed by atoms with van der Waals surface area (Å²) in [6.07, 6.45) is 3.57. The molecule has 7 nitrogen and oxygen atoms in total. The Morgan fingerprint density at radius 1 is 1.07 bits per heavy atom. The zero-order valence-electron chi connectivity index (χ0n) is 23.1. The number of halogens is 3. The van der Waals surface area contributed by atoms with Gasteiger partial charge in [0.25, 0.3) is 0 Å². The van der Waals surface area contributed by atoms with Crippen molar-refractivity contribution in [1.29, 1.82) is 0 Å². The largest absolute Gasteiger partial charge is 0.508 e. The Morgan fingerprint density at radius 2 is 1.88 bits per heavy atom. The number of phenols is 1. The molecule has 42 heavy (non-hydrogen) atoms. The van der Waals surface area contributed by atoms with Crippen molar-refractivity contribution >= 4 is 39.1 Å². The van der Waals surface area contributed by atoms with E-state index in [-0.39, 0.29) is 40.0 Å². The van der Waals surface area contributed by atoms with Crippen LogP contribution in [-0.2, 0) is 0 Å². The summed E-state index contributed by atoms with van der Waals surface area (Å²) >= 11 is 6.86. The van der Waals surface area contributed by atoms with Crippen molar-refractivity contribution in [1.82, 2.24) is 20.2 Å². The highest BCUT2D eigenvalue weighted by molar-refractivity contribution is 6.35. The molecule has 218 valence electrons. The van der Waals surface area contributed by atoms with Crippen LogP contribution in [0.25, 0.3) is 32.8 Å². The molecule has 0 amide bonds. The lowest BCUT2D eigenvalue weighted by Gasteiger charge is -2.34. The monoisotopic (exact) mass is 591 g/mol. The van der Waals surface area contributed by atoms with Gasteiger partial charge in [0.2, 0.25) is 0 Å². The third kappa shape index (κ3) is 4.28. The van der Waals surface area contributed by atoms with Crippen LogP contribution in [0.4, 0.5) is 14.6 Å². The second kappa shape index (κ2) is 9.89. The van der Waals surface area contributed by atoms with Crippen LogP contribution in [-0.4, -0.2) is 76.6 Å². The minimum absolute atomic E-state index is 0.0195. The number of alkyl halides is 1. The van der Waals surface area contributed by atoms with Crippen molar-refractivity contribution in [2.45, 2.75) is 55.9 Å². The Hall–Kier alpha value is -3.27. The molecule has 3 aromatic carbocycles. The van der Waals surface area contributed by atoms with Crippen LogP contribution in [0.15, 0.2) is 42.5 Å². The van der Waals surface area contributed by atoms with Gasteiger partial charge in [-0.3, -0.25) is 4.90 Å². The number of piperazine rings is 1. The molecule has 0 radical (unpaired) electrons. The summed E-state index contributed by atoms with van der Waals surface area (Å²) in [4.78, 5) is 13.8. The van der Waals surface area contributed by atoms with Crippen molar-refractivity contribution in [2.75, 3.05) is 37.7 Å². The van der Waals surface area contributed by atoms with E-state index in [1.807, 2.05) is 24.3 Å². The summed E-state index contributed by atoms with van der Waals surface area (Å²) in [6, 6.07) is 13.2. The van der Waals surface area contributed by atoms with Gasteiger partial charge >= 0.3 is 6.01 Å². The summed E-state index contributed by atoms with van der Waals surface area (Å²) in [5.41, 5.74) is 0.390. The summed E-state index contributed by atoms with van der Waals surface area (Å²) in [5.74, 6) is 0.0216. The molecule has 5 heterocycles. The lowest BCUT2D eigenvalue weighted by molar-refractivity contribution is 0.107. The highest BCUT2D eigenvalue weighted by atomic mass is 35.5. The molecule has 2 N–H and O–H groups in total. The molecule has 4 aromatic rings. The third-order valence-electron chi connectivity index (χ3n) is 9.71. The van der Waals surface area contributed by atoms with E-state index in [0.29, 0.717) is 41.8 Å². The minimum atomic E-state index is -0.877. The lowest BCUT2D eigenvalue weighted by atomic mass is 9.95. The van der Waals surface area contributed by atoms with Gasteiger partial charge in [0, 0.05) is 49.1 Å². The van der Waals surface area contributed by atoms with E-state index in [0.717, 1.165) is 56.1 Å². The number of nitrogens with zero attached hydrogens (tertiary/aromatic N) is 4. The highest BCUT2D eigenvalue weighted by Gasteiger charge is 2.49. The Balaban J connectivity index is 1.27. The number of nitrogens with one attached hydrogen (secondary N) is 1. The van der Waals surface area contributed by atoms with Crippen molar-refractivity contribution in [3.05, 3.63) is 53.3 Å². The maximum Gasteiger partial charge on any atom is 0.319 e. The van der Waals surface area contributed by atoms with E-state index in [2.05, 4.69) is 20.1 Å². The summed E-state index contributed by atoms with van der Waals surface area (Å²) in [6.45, 7) is 3.00. The van der Waals surface area contributed by atoms with Gasteiger partial charge in [0.15, 0.2) is 5.82 Å². The fraction of sp³-hybridized carbons (Fsp3) is 0.438. The molecular formula is C32H32ClF2N5O2. The maximum absolute atomic E-state index is 16.8. The van der Waals surface area contributed by atoms with Crippen LogP contribution in [0.2, 0.25) is 5.02 Å². The van der Waals surface area contributed by atoms with Gasteiger partial charge in [-0.25, -0.2) is 8.78 Å². The predicted octanol–water partition coefficient (Wildman–Crippen LogP) is 5.84. The van der Waals surface area contributed by atoms with Gasteiger partial charge in [0.05, 0.1) is 10.6 Å². The third-order valence-corrected chi connectivity index (χ3v) is 10.0. The molecule has 0 aliphatic carbocycles. The smallest absolute Gasteiger partial charge is 0.319 e. The molecule has 4 fully saturated rings. The Kier molecular flexibility index (Phi) is 6.21. The normalized spacial score (nSPS) is 27.3.